The molecule has 0 spiro atoms. The average molecular weight is 1120 g/mol. The molecule has 8 rings (SSSR count). The van der Waals surface area contributed by atoms with E-state index in [0.717, 1.165) is 17.9 Å². The van der Waals surface area contributed by atoms with Gasteiger partial charge in [0, 0.05) is 15.4 Å². The van der Waals surface area contributed by atoms with Gasteiger partial charge in [-0.2, -0.15) is 27.4 Å². The molecule has 0 amide bonds. The number of benzene rings is 3. The number of carbonyl (C=O) groups excluding carboxylic acids is 4. The number of alkyl halides is 2. The highest BCUT2D eigenvalue weighted by molar-refractivity contribution is 8.73. The summed E-state index contributed by atoms with van der Waals surface area (Å²) < 4.78 is 203. The summed E-state index contributed by atoms with van der Waals surface area (Å²) in [6.07, 6.45) is -4.36. The molecule has 3 aromatic carbocycles. The van der Waals surface area contributed by atoms with Crippen LogP contribution in [-0.2, 0) is 39.8 Å². The fourth-order valence-electron chi connectivity index (χ4n) is 4.71. The molecule has 5 fully saturated rings. The van der Waals surface area contributed by atoms with Crippen molar-refractivity contribution < 1.29 is 116 Å². The van der Waals surface area contributed by atoms with Crippen molar-refractivity contribution in [3.63, 3.8) is 0 Å². The molecule has 5 saturated heterocycles. The summed E-state index contributed by atoms with van der Waals surface area (Å²) in [5.74, 6) is -27.3. The van der Waals surface area contributed by atoms with E-state index in [1.54, 1.807) is 9.84 Å². The lowest BCUT2D eigenvalue weighted by Crippen LogP contribution is -2.41. The molecule has 0 N–H and O–H groups in total. The third-order valence-electron chi connectivity index (χ3n) is 8.43. The normalized spacial score (nSPS) is 20.0. The average Bonchev–Trinajstić information content (AvgIpc) is 4.30. The van der Waals surface area contributed by atoms with Crippen LogP contribution in [0.3, 0.4) is 0 Å². The smallest absolute Gasteiger partial charge is 0.514 e. The maximum atomic E-state index is 13.4. The topological polar surface area (TPSA) is 165 Å². The van der Waals surface area contributed by atoms with E-state index >= 15 is 0 Å². The Labute approximate surface area is 405 Å². The lowest BCUT2D eigenvalue weighted by molar-refractivity contribution is -0.386. The number of methoxy groups -OCH3 is 1. The summed E-state index contributed by atoms with van der Waals surface area (Å²) in [6.45, 7) is 2.20. The fraction of sp³-hybridized carbons (Fsp3) is 0.450. The molecule has 3 aromatic rings. The highest BCUT2D eigenvalue weighted by Gasteiger charge is 3.13. The molecule has 5 aliphatic heterocycles. The lowest BCUT2D eigenvalue weighted by Gasteiger charge is -2.31. The van der Waals surface area contributed by atoms with Crippen LogP contribution in [0.5, 0.6) is 11.5 Å². The van der Waals surface area contributed by atoms with Crippen molar-refractivity contribution >= 4 is 68.0 Å². The Morgan fingerprint density at radius 3 is 1.46 bits per heavy atom. The van der Waals surface area contributed by atoms with E-state index < -0.39 is 123 Å². The van der Waals surface area contributed by atoms with Gasteiger partial charge < -0.3 is 43.0 Å². The summed E-state index contributed by atoms with van der Waals surface area (Å²) in [5.41, 5.74) is -1.16. The van der Waals surface area contributed by atoms with Gasteiger partial charge in [0.15, 0.2) is 5.15 Å². The van der Waals surface area contributed by atoms with Crippen molar-refractivity contribution in [2.75, 3.05) is 46.8 Å². The molecule has 70 heavy (non-hydrogen) atoms. The van der Waals surface area contributed by atoms with Gasteiger partial charge in [0.25, 0.3) is 0 Å². The second-order valence-electron chi connectivity index (χ2n) is 15.0. The summed E-state index contributed by atoms with van der Waals surface area (Å²) >= 11 is 0. The molecular weight excluding hydrogens is 1070 g/mol. The highest BCUT2D eigenvalue weighted by Crippen LogP contribution is 3.46. The van der Waals surface area contributed by atoms with Gasteiger partial charge >= 0.3 is 24.4 Å². The van der Waals surface area contributed by atoms with Crippen molar-refractivity contribution in [3.8, 4) is 11.5 Å². The first-order valence-corrected chi connectivity index (χ1v) is 23.3. The van der Waals surface area contributed by atoms with E-state index in [4.69, 9.17) is 12.1 Å². The van der Waals surface area contributed by atoms with E-state index in [9.17, 15) is 77.0 Å². The Bertz CT molecular complexity index is 2260. The molecule has 0 bridgehead atoms. The van der Waals surface area contributed by atoms with Gasteiger partial charge in [-0.1, -0.05) is 68.7 Å². The van der Waals surface area contributed by atoms with E-state index in [-0.39, 0.29) is 67.7 Å². The highest BCUT2D eigenvalue weighted by atomic mass is 32.2. The molecule has 394 valence electrons. The number of carbonyl (C=O) groups is 4. The van der Waals surface area contributed by atoms with Crippen molar-refractivity contribution in [2.45, 2.75) is 57.4 Å². The maximum Gasteiger partial charge on any atom is 0.514 e. The molecule has 6 unspecified atom stereocenters. The van der Waals surface area contributed by atoms with Crippen molar-refractivity contribution in [3.05, 3.63) is 94.1 Å². The summed E-state index contributed by atoms with van der Waals surface area (Å²) in [4.78, 5) is 44.6. The second-order valence-corrected chi connectivity index (χ2v) is 24.6. The molecule has 5 heterocycles. The van der Waals surface area contributed by atoms with Crippen LogP contribution in [0.25, 0.3) is 0 Å². The summed E-state index contributed by atoms with van der Waals surface area (Å²) in [6, 6.07) is 9.29. The Morgan fingerprint density at radius 2 is 1.14 bits per heavy atom. The lowest BCUT2D eigenvalue weighted by atomic mass is 9.94. The predicted octanol–water partition coefficient (Wildman–Crippen LogP) is 10.7. The van der Waals surface area contributed by atoms with Crippen molar-refractivity contribution in [1.82, 2.24) is 0 Å². The van der Waals surface area contributed by atoms with E-state index in [1.807, 2.05) is 48.8 Å². The monoisotopic (exact) mass is 1120 g/mol. The van der Waals surface area contributed by atoms with Crippen LogP contribution in [0, 0.1) is 69.0 Å². The third-order valence-corrected chi connectivity index (χ3v) is 17.2. The van der Waals surface area contributed by atoms with Gasteiger partial charge in [-0.3, -0.25) is 4.79 Å². The Balaban J connectivity index is 0.000000506. The largest absolute Gasteiger partial charge is 0.851 e. The van der Waals surface area contributed by atoms with Gasteiger partial charge in [-0.25, -0.2) is 49.5 Å². The number of cyclic esters (lactones) is 2. The van der Waals surface area contributed by atoms with Gasteiger partial charge in [0.2, 0.25) is 69.7 Å². The molecule has 30 heteroatoms. The van der Waals surface area contributed by atoms with Crippen molar-refractivity contribution in [1.29, 1.82) is 1.28 Å². The van der Waals surface area contributed by atoms with Crippen LogP contribution in [-0.4, -0.2) is 88.2 Å². The Hall–Kier alpha value is -3.83. The SMILES string of the molecule is C.CC1(COC(=O)Oc2c(F)c(F)c(F)c(F)c2F)COC(=O)OC1.COCC(C)(COC(C)=O)COC(=O)Oc1c(F)c(F)c(F)c(F)c1F.FC12C3P1P32.[3H]CC(F)(P)P.[3H]P.[O-]Cc1ccccc1. The van der Waals surface area contributed by atoms with Gasteiger partial charge in [-0.05, 0) is 29.0 Å². The standard InChI is InChI=1S/C15H15F5O6.C13H9F5O6.C7H7O.C2HFP2.C2H7FP2.CH4.H3P/c1-7(21)24-5-15(2,4-23-3)6-25-14(22)26-13-11(19)9(17)8(16)10(18)12(13)20;1-13(2-21-11(19)22-3-13)4-23-12(20)24-10-8(17)6(15)5(14)7(16)9(10)18;8-6-7-4-2-1-3-5-7;3-2-1-4(2)5(1)2;1-2(3,4)5;;/h4-6H2,1-3H3;2-4H2,1H3;1-5H,6H2;1H;4-5H2,1H3;1H4;1H3/q;;-1;;;;/i;;;;1T;;1T. The predicted molar refractivity (Wildman–Crippen MR) is 237 cm³/mol. The molecule has 13 nitrogen and oxygen atoms in total. The van der Waals surface area contributed by atoms with Gasteiger partial charge in [0.1, 0.15) is 38.2 Å². The van der Waals surface area contributed by atoms with Crippen LogP contribution >= 0.6 is 43.5 Å². The number of rotatable bonds is 11. The van der Waals surface area contributed by atoms with E-state index in [1.165, 1.54) is 21.0 Å². The first-order chi connectivity index (χ1) is 33.0. The second kappa shape index (κ2) is 26.7. The van der Waals surface area contributed by atoms with E-state index in [0.29, 0.717) is 0 Å². The quantitative estimate of drug-likeness (QED) is 0.0339. The summed E-state index contributed by atoms with van der Waals surface area (Å²) in [5, 5.41) is 9.05. The molecule has 5 aliphatic rings. The van der Waals surface area contributed by atoms with Crippen LogP contribution in [0.1, 0.15) is 42.0 Å². The minimum Gasteiger partial charge on any atom is -0.851 e. The zero-order valence-corrected chi connectivity index (χ0v) is 41.3. The first-order valence-electron chi connectivity index (χ1n) is 19.9. The van der Waals surface area contributed by atoms with Crippen molar-refractivity contribution in [2.24, 2.45) is 10.8 Å². The zero-order chi connectivity index (χ0) is 54.4. The molecule has 0 radical (unpaired) electrons. The maximum absolute atomic E-state index is 13.4. The number of hydrogen-bond donors (Lipinski definition) is 0. The number of esters is 1. The third kappa shape index (κ3) is 18.3. The first kappa shape index (κ1) is 60.5. The number of ether oxygens (including phenoxy) is 8. The Morgan fingerprint density at radius 1 is 0.786 bits per heavy atom. The van der Waals surface area contributed by atoms with Crippen LogP contribution in [0.4, 0.5) is 67.1 Å². The molecule has 6 atom stereocenters. The number of hydrogen-bond acceptors (Lipinski definition) is 13. The van der Waals surface area contributed by atoms with Crippen LogP contribution < -0.4 is 14.6 Å². The van der Waals surface area contributed by atoms with Crippen LogP contribution in [0.2, 0.25) is 0 Å². The minimum atomic E-state index is -2.39. The molecular formula is C40H46F12O13P5-. The molecule has 0 saturated carbocycles. The van der Waals surface area contributed by atoms with Gasteiger partial charge in [-0.15, -0.1) is 6.61 Å². The number of halogens is 12. The Kier molecular flexibility index (Phi) is 23.1. The van der Waals surface area contributed by atoms with Crippen LogP contribution in [0.15, 0.2) is 30.3 Å². The fourth-order valence-corrected chi connectivity index (χ4v) is 12.9. The van der Waals surface area contributed by atoms with Gasteiger partial charge in [0.05, 0.1) is 24.1 Å². The molecule has 0 aromatic heterocycles. The molecule has 0 aliphatic carbocycles. The zero-order valence-electron chi connectivity index (χ0n) is 38.1. The minimum absolute atomic E-state index is 0. The van der Waals surface area contributed by atoms with E-state index in [2.05, 4.69) is 28.4 Å². The summed E-state index contributed by atoms with van der Waals surface area (Å²) in [7, 11) is 7.18.